The van der Waals surface area contributed by atoms with Crippen LogP contribution in [0.5, 0.6) is 0 Å². The van der Waals surface area contributed by atoms with Crippen molar-refractivity contribution in [2.24, 2.45) is 0 Å². The van der Waals surface area contributed by atoms with E-state index in [4.69, 9.17) is 11.6 Å². The van der Waals surface area contributed by atoms with E-state index in [2.05, 4.69) is 10.3 Å². The first-order valence-corrected chi connectivity index (χ1v) is 4.09. The van der Waals surface area contributed by atoms with Crippen molar-refractivity contribution in [2.45, 2.75) is 12.5 Å². The first kappa shape index (κ1) is 7.07. The van der Waals surface area contributed by atoms with Gasteiger partial charge in [0, 0.05) is 12.2 Å². The van der Waals surface area contributed by atoms with Crippen LogP contribution in [0.3, 0.4) is 0 Å². The average Bonchev–Trinajstić information content (AvgIpc) is 1.90. The highest BCUT2D eigenvalue weighted by atomic mass is 35.5. The van der Waals surface area contributed by atoms with Gasteiger partial charge in [0.25, 0.3) is 0 Å². The molecule has 1 fully saturated rings. The van der Waals surface area contributed by atoms with Crippen LogP contribution in [-0.2, 0) is 0 Å². The zero-order valence-electron chi connectivity index (χ0n) is 6.05. The van der Waals surface area contributed by atoms with Crippen molar-refractivity contribution in [1.82, 2.24) is 10.3 Å². The normalized spacial score (nSPS) is 22.8. The Labute approximate surface area is 70.6 Å². The lowest BCUT2D eigenvalue weighted by Crippen LogP contribution is -2.34. The molecule has 1 saturated heterocycles. The molecule has 0 bridgehead atoms. The molecule has 0 aromatic carbocycles. The Bertz CT molecular complexity index is 241. The Hall–Kier alpha value is -0.600. The highest BCUT2D eigenvalue weighted by Crippen LogP contribution is 2.22. The third-order valence-electron chi connectivity index (χ3n) is 1.98. The number of hydrogen-bond acceptors (Lipinski definition) is 2. The summed E-state index contributed by atoms with van der Waals surface area (Å²) in [6.45, 7) is 1.12. The first-order chi connectivity index (χ1) is 5.36. The largest absolute Gasteiger partial charge is 0.310 e. The minimum atomic E-state index is 0.514. The van der Waals surface area contributed by atoms with Crippen LogP contribution in [0.1, 0.15) is 18.0 Å². The van der Waals surface area contributed by atoms with Gasteiger partial charge in [0.1, 0.15) is 5.15 Å². The summed E-state index contributed by atoms with van der Waals surface area (Å²) in [5, 5.41) is 3.86. The summed E-state index contributed by atoms with van der Waals surface area (Å²) in [5.74, 6) is 0. The van der Waals surface area contributed by atoms with E-state index in [1.54, 1.807) is 0 Å². The predicted molar refractivity (Wildman–Crippen MR) is 44.6 cm³/mol. The Morgan fingerprint density at radius 2 is 2.36 bits per heavy atom. The molecule has 3 heteroatoms. The molecule has 1 aliphatic rings. The summed E-state index contributed by atoms with van der Waals surface area (Å²) >= 11 is 5.65. The molecule has 1 unspecified atom stereocenters. The molecular formula is C8H9ClN2. The lowest BCUT2D eigenvalue weighted by atomic mass is 10.0. The van der Waals surface area contributed by atoms with E-state index >= 15 is 0 Å². The maximum atomic E-state index is 5.65. The molecule has 0 spiro atoms. The van der Waals surface area contributed by atoms with Gasteiger partial charge in [-0.1, -0.05) is 17.7 Å². The van der Waals surface area contributed by atoms with Crippen molar-refractivity contribution in [2.75, 3.05) is 6.54 Å². The number of rotatable bonds is 1. The Morgan fingerprint density at radius 1 is 1.55 bits per heavy atom. The summed E-state index contributed by atoms with van der Waals surface area (Å²) in [7, 11) is 0. The van der Waals surface area contributed by atoms with Crippen molar-refractivity contribution < 1.29 is 0 Å². The monoisotopic (exact) mass is 168 g/mol. The standard InChI is InChI=1S/C8H9ClN2/c9-8-2-1-6(5-11-8)7-3-4-10-7/h1-2,5,7,10H,3-4H2. The van der Waals surface area contributed by atoms with Crippen LogP contribution in [0.2, 0.25) is 5.15 Å². The van der Waals surface area contributed by atoms with E-state index < -0.39 is 0 Å². The van der Waals surface area contributed by atoms with E-state index in [0.29, 0.717) is 11.2 Å². The van der Waals surface area contributed by atoms with Gasteiger partial charge in [-0.3, -0.25) is 0 Å². The van der Waals surface area contributed by atoms with Gasteiger partial charge in [0.05, 0.1) is 0 Å². The number of nitrogens with one attached hydrogen (secondary N) is 1. The Morgan fingerprint density at radius 3 is 2.82 bits per heavy atom. The lowest BCUT2D eigenvalue weighted by molar-refractivity contribution is 0.382. The molecular weight excluding hydrogens is 160 g/mol. The molecule has 0 saturated carbocycles. The van der Waals surface area contributed by atoms with Crippen LogP contribution < -0.4 is 5.32 Å². The SMILES string of the molecule is Clc1ccc(C2CCN2)cn1. The fraction of sp³-hybridized carbons (Fsp3) is 0.375. The van der Waals surface area contributed by atoms with E-state index in [1.165, 1.54) is 12.0 Å². The summed E-state index contributed by atoms with van der Waals surface area (Å²) in [6, 6.07) is 4.36. The minimum Gasteiger partial charge on any atom is -0.310 e. The van der Waals surface area contributed by atoms with Gasteiger partial charge < -0.3 is 5.32 Å². The third-order valence-corrected chi connectivity index (χ3v) is 2.20. The molecule has 0 amide bonds. The van der Waals surface area contributed by atoms with Crippen molar-refractivity contribution in [3.05, 3.63) is 29.0 Å². The molecule has 1 aromatic rings. The highest BCUT2D eigenvalue weighted by Gasteiger charge is 2.17. The number of aromatic nitrogens is 1. The fourth-order valence-electron chi connectivity index (χ4n) is 1.17. The van der Waals surface area contributed by atoms with Gasteiger partial charge in [-0.05, 0) is 24.6 Å². The average molecular weight is 169 g/mol. The van der Waals surface area contributed by atoms with Crippen LogP contribution in [-0.4, -0.2) is 11.5 Å². The minimum absolute atomic E-state index is 0.514. The predicted octanol–water partition coefficient (Wildman–Crippen LogP) is 1.77. The molecule has 0 radical (unpaired) electrons. The van der Waals surface area contributed by atoms with Gasteiger partial charge in [-0.2, -0.15) is 0 Å². The third kappa shape index (κ3) is 1.37. The Kier molecular flexibility index (Phi) is 1.80. The van der Waals surface area contributed by atoms with Crippen molar-refractivity contribution in [3.63, 3.8) is 0 Å². The maximum Gasteiger partial charge on any atom is 0.129 e. The van der Waals surface area contributed by atoms with Crippen molar-refractivity contribution in [3.8, 4) is 0 Å². The molecule has 1 aliphatic heterocycles. The zero-order valence-corrected chi connectivity index (χ0v) is 6.80. The van der Waals surface area contributed by atoms with Crippen molar-refractivity contribution >= 4 is 11.6 Å². The van der Waals surface area contributed by atoms with E-state index in [1.807, 2.05) is 18.3 Å². The smallest absolute Gasteiger partial charge is 0.129 e. The van der Waals surface area contributed by atoms with Crippen LogP contribution in [0.25, 0.3) is 0 Å². The molecule has 58 valence electrons. The zero-order chi connectivity index (χ0) is 7.68. The number of pyridine rings is 1. The second-order valence-electron chi connectivity index (χ2n) is 2.71. The quantitative estimate of drug-likeness (QED) is 0.647. The molecule has 1 atom stereocenters. The molecule has 2 rings (SSSR count). The number of nitrogens with zero attached hydrogens (tertiary/aromatic N) is 1. The second-order valence-corrected chi connectivity index (χ2v) is 3.10. The maximum absolute atomic E-state index is 5.65. The van der Waals surface area contributed by atoms with E-state index in [0.717, 1.165) is 6.54 Å². The van der Waals surface area contributed by atoms with Crippen molar-refractivity contribution in [1.29, 1.82) is 0 Å². The number of halogens is 1. The van der Waals surface area contributed by atoms with Gasteiger partial charge >= 0.3 is 0 Å². The summed E-state index contributed by atoms with van der Waals surface area (Å²) < 4.78 is 0. The summed E-state index contributed by atoms with van der Waals surface area (Å²) in [4.78, 5) is 4.01. The summed E-state index contributed by atoms with van der Waals surface area (Å²) in [6.07, 6.45) is 3.04. The Balaban J connectivity index is 2.18. The summed E-state index contributed by atoms with van der Waals surface area (Å²) in [5.41, 5.74) is 1.24. The number of hydrogen-bond donors (Lipinski definition) is 1. The molecule has 2 heterocycles. The molecule has 1 N–H and O–H groups in total. The molecule has 1 aromatic heterocycles. The van der Waals surface area contributed by atoms with Gasteiger partial charge in [-0.15, -0.1) is 0 Å². The molecule has 0 aliphatic carbocycles. The molecule has 11 heavy (non-hydrogen) atoms. The molecule has 2 nitrogen and oxygen atoms in total. The first-order valence-electron chi connectivity index (χ1n) is 3.71. The fourth-order valence-corrected chi connectivity index (χ4v) is 1.28. The van der Waals surface area contributed by atoms with Crippen LogP contribution in [0, 0.1) is 0 Å². The van der Waals surface area contributed by atoms with E-state index in [9.17, 15) is 0 Å². The van der Waals surface area contributed by atoms with Crippen LogP contribution in [0.15, 0.2) is 18.3 Å². The van der Waals surface area contributed by atoms with Gasteiger partial charge in [0.15, 0.2) is 0 Å². The van der Waals surface area contributed by atoms with Crippen LogP contribution in [0.4, 0.5) is 0 Å². The highest BCUT2D eigenvalue weighted by molar-refractivity contribution is 6.29. The van der Waals surface area contributed by atoms with E-state index in [-0.39, 0.29) is 0 Å². The lowest BCUT2D eigenvalue weighted by Gasteiger charge is -2.27. The van der Waals surface area contributed by atoms with Crippen LogP contribution >= 0.6 is 11.6 Å². The topological polar surface area (TPSA) is 24.9 Å². The van der Waals surface area contributed by atoms with Gasteiger partial charge in [0.2, 0.25) is 0 Å². The second kappa shape index (κ2) is 2.80. The van der Waals surface area contributed by atoms with Gasteiger partial charge in [-0.25, -0.2) is 4.98 Å².